The van der Waals surface area contributed by atoms with Gasteiger partial charge in [-0.05, 0) is 43.5 Å². The molecule has 0 amide bonds. The zero-order valence-electron chi connectivity index (χ0n) is 11.3. The van der Waals surface area contributed by atoms with Gasteiger partial charge in [0.05, 0.1) is 12.1 Å². The third kappa shape index (κ3) is 2.26. The Morgan fingerprint density at radius 1 is 1.28 bits per heavy atom. The molecule has 0 radical (unpaired) electrons. The van der Waals surface area contributed by atoms with Crippen molar-refractivity contribution in [3.8, 4) is 5.75 Å². The van der Waals surface area contributed by atoms with Gasteiger partial charge in [-0.3, -0.25) is 4.98 Å². The molecule has 0 atom stereocenters. The highest BCUT2D eigenvalue weighted by atomic mass is 16.5. The second-order valence-corrected chi connectivity index (χ2v) is 4.47. The summed E-state index contributed by atoms with van der Waals surface area (Å²) in [6.07, 6.45) is 1.90. The zero-order chi connectivity index (χ0) is 13.1. The molecule has 3 nitrogen and oxygen atoms in total. The van der Waals surface area contributed by atoms with Gasteiger partial charge in [0.1, 0.15) is 5.75 Å². The molecule has 0 fully saturated rings. The summed E-state index contributed by atoms with van der Waals surface area (Å²) in [6.45, 7) is 6.93. The maximum absolute atomic E-state index is 6.23. The summed E-state index contributed by atoms with van der Waals surface area (Å²) >= 11 is 0. The highest BCUT2D eigenvalue weighted by Crippen LogP contribution is 2.29. The summed E-state index contributed by atoms with van der Waals surface area (Å²) in [4.78, 5) is 4.59. The van der Waals surface area contributed by atoms with Crippen molar-refractivity contribution in [3.05, 3.63) is 29.5 Å². The number of benzene rings is 1. The molecule has 0 aliphatic heterocycles. The molecule has 1 heterocycles. The van der Waals surface area contributed by atoms with Crippen LogP contribution in [0.15, 0.2) is 18.2 Å². The lowest BCUT2D eigenvalue weighted by Gasteiger charge is -2.12. The first-order chi connectivity index (χ1) is 8.67. The van der Waals surface area contributed by atoms with Crippen molar-refractivity contribution in [2.45, 2.75) is 33.6 Å². The molecule has 96 valence electrons. The van der Waals surface area contributed by atoms with Crippen LogP contribution in [0.5, 0.6) is 5.75 Å². The minimum absolute atomic E-state index is 0.728. The lowest BCUT2D eigenvalue weighted by Crippen LogP contribution is -2.01. The first-order valence-electron chi connectivity index (χ1n) is 6.48. The van der Waals surface area contributed by atoms with Gasteiger partial charge in [-0.1, -0.05) is 13.8 Å². The number of aromatic nitrogens is 1. The van der Waals surface area contributed by atoms with E-state index < -0.39 is 0 Å². The van der Waals surface area contributed by atoms with E-state index >= 15 is 0 Å². The minimum Gasteiger partial charge on any atom is -0.494 e. The summed E-state index contributed by atoms with van der Waals surface area (Å²) in [7, 11) is 0. The van der Waals surface area contributed by atoms with E-state index in [1.54, 1.807) is 0 Å². The molecule has 18 heavy (non-hydrogen) atoms. The molecule has 0 aliphatic rings. The van der Waals surface area contributed by atoms with Crippen LogP contribution in [0.1, 0.15) is 31.5 Å². The van der Waals surface area contributed by atoms with E-state index in [1.807, 2.05) is 25.1 Å². The number of nitrogen functional groups attached to an aromatic ring is 1. The van der Waals surface area contributed by atoms with E-state index in [9.17, 15) is 0 Å². The Morgan fingerprint density at radius 2 is 2.06 bits per heavy atom. The topological polar surface area (TPSA) is 48.1 Å². The van der Waals surface area contributed by atoms with E-state index in [1.165, 1.54) is 0 Å². The third-order valence-electron chi connectivity index (χ3n) is 3.13. The molecule has 0 bridgehead atoms. The van der Waals surface area contributed by atoms with Crippen LogP contribution in [0.3, 0.4) is 0 Å². The van der Waals surface area contributed by atoms with Gasteiger partial charge >= 0.3 is 0 Å². The summed E-state index contributed by atoms with van der Waals surface area (Å²) < 4.78 is 5.64. The van der Waals surface area contributed by atoms with Crippen molar-refractivity contribution in [1.82, 2.24) is 4.98 Å². The Balaban J connectivity index is 2.54. The monoisotopic (exact) mass is 244 g/mol. The predicted molar refractivity (Wildman–Crippen MR) is 76.1 cm³/mol. The summed E-state index contributed by atoms with van der Waals surface area (Å²) in [5.74, 6) is 0.865. The number of nitrogens with two attached hydrogens (primary N) is 1. The molecular weight excluding hydrogens is 224 g/mol. The maximum Gasteiger partial charge on any atom is 0.120 e. The highest BCUT2D eigenvalue weighted by Gasteiger charge is 2.09. The highest BCUT2D eigenvalue weighted by molar-refractivity contribution is 5.93. The minimum atomic E-state index is 0.728. The fraction of sp³-hybridized carbons (Fsp3) is 0.400. The van der Waals surface area contributed by atoms with Crippen LogP contribution in [0.25, 0.3) is 10.9 Å². The fourth-order valence-corrected chi connectivity index (χ4v) is 2.19. The number of ether oxygens (including phenoxy) is 1. The van der Waals surface area contributed by atoms with Gasteiger partial charge in [0, 0.05) is 16.8 Å². The number of hydrogen-bond donors (Lipinski definition) is 1. The molecule has 0 saturated heterocycles. The van der Waals surface area contributed by atoms with E-state index in [2.05, 4.69) is 18.8 Å². The number of aryl methyl sites for hydroxylation is 1. The Labute approximate surface area is 108 Å². The molecule has 3 heteroatoms. The second-order valence-electron chi connectivity index (χ2n) is 4.47. The van der Waals surface area contributed by atoms with Crippen LogP contribution in [0.2, 0.25) is 0 Å². The summed E-state index contributed by atoms with van der Waals surface area (Å²) in [6, 6.07) is 5.92. The third-order valence-corrected chi connectivity index (χ3v) is 3.13. The number of hydrogen-bond acceptors (Lipinski definition) is 3. The van der Waals surface area contributed by atoms with Gasteiger partial charge in [-0.15, -0.1) is 0 Å². The van der Waals surface area contributed by atoms with Crippen LogP contribution >= 0.6 is 0 Å². The van der Waals surface area contributed by atoms with Gasteiger partial charge in [0.25, 0.3) is 0 Å². The van der Waals surface area contributed by atoms with E-state index in [-0.39, 0.29) is 0 Å². The molecule has 0 unspecified atom stereocenters. The van der Waals surface area contributed by atoms with Crippen molar-refractivity contribution in [2.75, 3.05) is 12.3 Å². The second kappa shape index (κ2) is 5.25. The molecule has 0 saturated carbocycles. The van der Waals surface area contributed by atoms with Gasteiger partial charge in [0.15, 0.2) is 0 Å². The maximum atomic E-state index is 6.23. The van der Waals surface area contributed by atoms with Crippen LogP contribution < -0.4 is 10.5 Å². The Hall–Kier alpha value is -1.77. The zero-order valence-corrected chi connectivity index (χ0v) is 11.3. The van der Waals surface area contributed by atoms with Crippen molar-refractivity contribution in [1.29, 1.82) is 0 Å². The number of rotatable bonds is 4. The van der Waals surface area contributed by atoms with Crippen LogP contribution in [-0.2, 0) is 6.42 Å². The quantitative estimate of drug-likeness (QED) is 0.895. The molecule has 2 aromatic rings. The van der Waals surface area contributed by atoms with Crippen molar-refractivity contribution in [2.24, 2.45) is 0 Å². The smallest absolute Gasteiger partial charge is 0.120 e. The largest absolute Gasteiger partial charge is 0.494 e. The average Bonchev–Trinajstić information content (AvgIpc) is 2.37. The Kier molecular flexibility index (Phi) is 3.70. The average molecular weight is 244 g/mol. The van der Waals surface area contributed by atoms with Crippen molar-refractivity contribution >= 4 is 16.6 Å². The molecule has 2 rings (SSSR count). The number of nitrogens with zero attached hydrogens (tertiary/aromatic N) is 1. The molecule has 1 aromatic carbocycles. The molecule has 2 N–H and O–H groups in total. The van der Waals surface area contributed by atoms with Crippen LogP contribution in [0.4, 0.5) is 5.69 Å². The lowest BCUT2D eigenvalue weighted by atomic mass is 10.0. The SMILES string of the molecule is CCCOc1ccc2nc(C)c(CC)c(N)c2c1. The molecule has 0 aliphatic carbocycles. The van der Waals surface area contributed by atoms with Gasteiger partial charge in [-0.25, -0.2) is 0 Å². The van der Waals surface area contributed by atoms with Crippen LogP contribution in [-0.4, -0.2) is 11.6 Å². The molecule has 0 spiro atoms. The summed E-state index contributed by atoms with van der Waals surface area (Å²) in [5.41, 5.74) is 10.2. The van der Waals surface area contributed by atoms with E-state index in [0.717, 1.165) is 53.0 Å². The standard InChI is InChI=1S/C15H20N2O/c1-4-8-18-11-6-7-14-13(9-11)15(16)12(5-2)10(3)17-14/h6-7,9H,4-5,8H2,1-3H3,(H2,16,17). The number of pyridine rings is 1. The Bertz CT molecular complexity index is 564. The molecular formula is C15H20N2O. The van der Waals surface area contributed by atoms with Gasteiger partial charge < -0.3 is 10.5 Å². The number of fused-ring (bicyclic) bond motifs is 1. The van der Waals surface area contributed by atoms with E-state index in [4.69, 9.17) is 10.5 Å². The Morgan fingerprint density at radius 3 is 2.72 bits per heavy atom. The lowest BCUT2D eigenvalue weighted by molar-refractivity contribution is 0.318. The van der Waals surface area contributed by atoms with Crippen molar-refractivity contribution < 1.29 is 4.74 Å². The first-order valence-corrected chi connectivity index (χ1v) is 6.48. The van der Waals surface area contributed by atoms with E-state index in [0.29, 0.717) is 0 Å². The van der Waals surface area contributed by atoms with Crippen LogP contribution in [0, 0.1) is 6.92 Å². The van der Waals surface area contributed by atoms with Crippen molar-refractivity contribution in [3.63, 3.8) is 0 Å². The number of anilines is 1. The molecule has 1 aromatic heterocycles. The first kappa shape index (κ1) is 12.7. The normalized spacial score (nSPS) is 10.8. The predicted octanol–water partition coefficient (Wildman–Crippen LogP) is 3.48. The van der Waals surface area contributed by atoms with Gasteiger partial charge in [0.2, 0.25) is 0 Å². The summed E-state index contributed by atoms with van der Waals surface area (Å²) in [5, 5.41) is 0.992. The fourth-order valence-electron chi connectivity index (χ4n) is 2.19. The van der Waals surface area contributed by atoms with Gasteiger partial charge in [-0.2, -0.15) is 0 Å².